The van der Waals surface area contributed by atoms with E-state index in [0.717, 1.165) is 50.3 Å². The van der Waals surface area contributed by atoms with Gasteiger partial charge in [0.15, 0.2) is 0 Å². The van der Waals surface area contributed by atoms with E-state index in [1.54, 1.807) is 13.8 Å². The van der Waals surface area contributed by atoms with Crippen LogP contribution in [0.25, 0.3) is 0 Å². The van der Waals surface area contributed by atoms with Crippen LogP contribution in [-0.2, 0) is 16.0 Å². The number of amides is 2. The summed E-state index contributed by atoms with van der Waals surface area (Å²) < 4.78 is 0. The van der Waals surface area contributed by atoms with Gasteiger partial charge in [-0.25, -0.2) is 0 Å². The highest BCUT2D eigenvalue weighted by atomic mass is 16.2. The molecule has 0 aliphatic carbocycles. The van der Waals surface area contributed by atoms with Gasteiger partial charge in [-0.15, -0.1) is 0 Å². The quantitative estimate of drug-likeness (QED) is 0.909. The normalized spacial score (nSPS) is 18.3. The fourth-order valence-electron chi connectivity index (χ4n) is 3.39. The molecule has 2 heterocycles. The van der Waals surface area contributed by atoms with Crippen molar-refractivity contribution in [2.45, 2.75) is 39.2 Å². The van der Waals surface area contributed by atoms with Crippen LogP contribution in [0.1, 0.15) is 32.3 Å². The summed E-state index contributed by atoms with van der Waals surface area (Å²) in [6.07, 6.45) is 2.89. The molecule has 2 amide bonds. The minimum Gasteiger partial charge on any atom is -0.382 e. The van der Waals surface area contributed by atoms with Gasteiger partial charge in [-0.2, -0.15) is 0 Å². The molecule has 0 radical (unpaired) electrons. The van der Waals surface area contributed by atoms with Crippen LogP contribution in [0.4, 0.5) is 11.4 Å². The summed E-state index contributed by atoms with van der Waals surface area (Å²) in [5.74, 6) is 0.274. The second-order valence-corrected chi connectivity index (χ2v) is 6.19. The lowest BCUT2D eigenvalue weighted by Gasteiger charge is -2.32. The average Bonchev–Trinajstić information content (AvgIpc) is 2.91. The molecule has 22 heavy (non-hydrogen) atoms. The molecule has 0 saturated carbocycles. The Morgan fingerprint density at radius 1 is 1.09 bits per heavy atom. The van der Waals surface area contributed by atoms with Gasteiger partial charge in [0.2, 0.25) is 11.8 Å². The predicted octanol–water partition coefficient (Wildman–Crippen LogP) is 2.02. The standard InChI is InChI=1S/C17H23N3O2/c1-12(21)19-8-6-15(7-9-19)18-16-3-4-17-14(11-16)5-10-20(17)13(2)22/h3-4,11,15,18H,5-10H2,1-2H3. The van der Waals surface area contributed by atoms with Gasteiger partial charge in [0.1, 0.15) is 0 Å². The molecule has 2 aliphatic rings. The van der Waals surface area contributed by atoms with Crippen molar-refractivity contribution < 1.29 is 9.59 Å². The molecule has 1 saturated heterocycles. The van der Waals surface area contributed by atoms with Gasteiger partial charge in [0.05, 0.1) is 0 Å². The summed E-state index contributed by atoms with van der Waals surface area (Å²) >= 11 is 0. The lowest BCUT2D eigenvalue weighted by Crippen LogP contribution is -2.41. The molecule has 0 unspecified atom stereocenters. The predicted molar refractivity (Wildman–Crippen MR) is 87.1 cm³/mol. The summed E-state index contributed by atoms with van der Waals surface area (Å²) in [4.78, 5) is 26.7. The molecule has 118 valence electrons. The zero-order valence-corrected chi connectivity index (χ0v) is 13.3. The molecule has 3 rings (SSSR count). The highest BCUT2D eigenvalue weighted by molar-refractivity contribution is 5.94. The highest BCUT2D eigenvalue weighted by Crippen LogP contribution is 2.31. The average molecular weight is 301 g/mol. The summed E-state index contributed by atoms with van der Waals surface area (Å²) in [6.45, 7) is 5.69. The number of piperidine rings is 1. The minimum absolute atomic E-state index is 0.107. The van der Waals surface area contributed by atoms with Gasteiger partial charge in [0.25, 0.3) is 0 Å². The van der Waals surface area contributed by atoms with Crippen molar-refractivity contribution in [3.05, 3.63) is 23.8 Å². The third-order valence-corrected chi connectivity index (χ3v) is 4.67. The van der Waals surface area contributed by atoms with Crippen molar-refractivity contribution in [3.8, 4) is 0 Å². The molecule has 1 aromatic carbocycles. The van der Waals surface area contributed by atoms with Gasteiger partial charge in [-0.1, -0.05) is 0 Å². The highest BCUT2D eigenvalue weighted by Gasteiger charge is 2.24. The third kappa shape index (κ3) is 2.93. The van der Waals surface area contributed by atoms with Crippen molar-refractivity contribution in [2.24, 2.45) is 0 Å². The summed E-state index contributed by atoms with van der Waals surface area (Å²) in [7, 11) is 0. The van der Waals surface area contributed by atoms with Crippen LogP contribution >= 0.6 is 0 Å². The number of rotatable bonds is 2. The van der Waals surface area contributed by atoms with E-state index in [4.69, 9.17) is 0 Å². The Kier molecular flexibility index (Phi) is 4.05. The van der Waals surface area contributed by atoms with E-state index in [-0.39, 0.29) is 11.8 Å². The first-order valence-corrected chi connectivity index (χ1v) is 7.97. The van der Waals surface area contributed by atoms with Gasteiger partial charge in [-0.05, 0) is 43.0 Å². The van der Waals surface area contributed by atoms with Crippen molar-refractivity contribution in [2.75, 3.05) is 29.9 Å². The minimum atomic E-state index is 0.107. The Balaban J connectivity index is 1.63. The molecule has 0 atom stereocenters. The summed E-state index contributed by atoms with van der Waals surface area (Å²) in [5.41, 5.74) is 3.40. The number of nitrogens with zero attached hydrogens (tertiary/aromatic N) is 2. The van der Waals surface area contributed by atoms with Crippen molar-refractivity contribution in [3.63, 3.8) is 0 Å². The zero-order valence-electron chi connectivity index (χ0n) is 13.3. The molecular weight excluding hydrogens is 278 g/mol. The van der Waals surface area contributed by atoms with Crippen LogP contribution in [0.5, 0.6) is 0 Å². The summed E-state index contributed by atoms with van der Waals surface area (Å²) in [6, 6.07) is 6.67. The maximum absolute atomic E-state index is 11.6. The van der Waals surface area contributed by atoms with Gasteiger partial charge >= 0.3 is 0 Å². The fraction of sp³-hybridized carbons (Fsp3) is 0.529. The number of carbonyl (C=O) groups is 2. The topological polar surface area (TPSA) is 52.7 Å². The molecule has 1 aromatic rings. The van der Waals surface area contributed by atoms with Crippen LogP contribution in [0, 0.1) is 0 Å². The monoisotopic (exact) mass is 301 g/mol. The first kappa shape index (κ1) is 14.9. The number of benzene rings is 1. The number of hydrogen-bond acceptors (Lipinski definition) is 3. The Hall–Kier alpha value is -2.04. The molecular formula is C17H23N3O2. The summed E-state index contributed by atoms with van der Waals surface area (Å²) in [5, 5.41) is 3.57. The maximum atomic E-state index is 11.6. The number of anilines is 2. The van der Waals surface area contributed by atoms with Gasteiger partial charge in [-0.3, -0.25) is 9.59 Å². The van der Waals surface area contributed by atoms with Crippen molar-refractivity contribution in [1.29, 1.82) is 0 Å². The maximum Gasteiger partial charge on any atom is 0.223 e. The van der Waals surface area contributed by atoms with Gasteiger partial charge in [0, 0.05) is 50.9 Å². The van der Waals surface area contributed by atoms with E-state index in [1.165, 1.54) is 5.56 Å². The molecule has 5 heteroatoms. The third-order valence-electron chi connectivity index (χ3n) is 4.67. The van der Waals surface area contributed by atoms with Crippen LogP contribution in [0.15, 0.2) is 18.2 Å². The molecule has 0 spiro atoms. The fourth-order valence-corrected chi connectivity index (χ4v) is 3.39. The molecule has 0 aromatic heterocycles. The SMILES string of the molecule is CC(=O)N1CCC(Nc2ccc3c(c2)CCN3C(C)=O)CC1. The van der Waals surface area contributed by atoms with Crippen LogP contribution in [0.3, 0.4) is 0 Å². The zero-order chi connectivity index (χ0) is 15.7. The molecule has 2 aliphatic heterocycles. The van der Waals surface area contributed by atoms with E-state index in [9.17, 15) is 9.59 Å². The van der Waals surface area contributed by atoms with Crippen LogP contribution < -0.4 is 10.2 Å². The Morgan fingerprint density at radius 2 is 1.82 bits per heavy atom. The van der Waals surface area contributed by atoms with E-state index in [0.29, 0.717) is 6.04 Å². The van der Waals surface area contributed by atoms with E-state index >= 15 is 0 Å². The first-order valence-electron chi connectivity index (χ1n) is 7.97. The Morgan fingerprint density at radius 3 is 2.45 bits per heavy atom. The number of likely N-dealkylation sites (tertiary alicyclic amines) is 1. The number of carbonyl (C=O) groups excluding carboxylic acids is 2. The first-order chi connectivity index (χ1) is 10.5. The lowest BCUT2D eigenvalue weighted by atomic mass is 10.0. The van der Waals surface area contributed by atoms with E-state index in [2.05, 4.69) is 17.4 Å². The van der Waals surface area contributed by atoms with Crippen molar-refractivity contribution >= 4 is 23.2 Å². The number of fused-ring (bicyclic) bond motifs is 1. The van der Waals surface area contributed by atoms with E-state index in [1.807, 2.05) is 15.9 Å². The number of hydrogen-bond donors (Lipinski definition) is 1. The largest absolute Gasteiger partial charge is 0.382 e. The smallest absolute Gasteiger partial charge is 0.223 e. The Bertz CT molecular complexity index is 592. The number of nitrogens with one attached hydrogen (secondary N) is 1. The second-order valence-electron chi connectivity index (χ2n) is 6.19. The van der Waals surface area contributed by atoms with E-state index < -0.39 is 0 Å². The van der Waals surface area contributed by atoms with Crippen molar-refractivity contribution in [1.82, 2.24) is 4.90 Å². The van der Waals surface area contributed by atoms with Crippen LogP contribution in [-0.4, -0.2) is 42.4 Å². The molecule has 1 fully saturated rings. The second kappa shape index (κ2) is 5.99. The molecule has 5 nitrogen and oxygen atoms in total. The molecule has 1 N–H and O–H groups in total. The lowest BCUT2D eigenvalue weighted by molar-refractivity contribution is -0.129. The van der Waals surface area contributed by atoms with Crippen LogP contribution in [0.2, 0.25) is 0 Å². The molecule has 0 bridgehead atoms. The van der Waals surface area contributed by atoms with Gasteiger partial charge < -0.3 is 15.1 Å². The Labute approximate surface area is 131 Å².